The van der Waals surface area contributed by atoms with E-state index in [1.165, 1.54) is 12.8 Å². The molecule has 2 unspecified atom stereocenters. The van der Waals surface area contributed by atoms with Crippen molar-refractivity contribution >= 4 is 17.2 Å². The van der Waals surface area contributed by atoms with Crippen molar-refractivity contribution in [3.05, 3.63) is 105 Å². The van der Waals surface area contributed by atoms with E-state index in [1.807, 2.05) is 0 Å². The van der Waals surface area contributed by atoms with E-state index >= 15 is 0 Å². The number of hydrogen-bond donors (Lipinski definition) is 5. The zero-order chi connectivity index (χ0) is 58.8. The van der Waals surface area contributed by atoms with Crippen LogP contribution in [0.3, 0.4) is 0 Å². The van der Waals surface area contributed by atoms with Crippen LogP contribution in [0.4, 0.5) is 0 Å². The third-order valence-corrected chi connectivity index (χ3v) is 17.0. The molecule has 3 rings (SSSR count). The average Bonchev–Trinajstić information content (AvgIpc) is 3.28. The summed E-state index contributed by atoms with van der Waals surface area (Å²) in [6.07, 6.45) is 12.5. The van der Waals surface area contributed by atoms with Gasteiger partial charge < -0.3 is 33.9 Å². The number of unbranched alkanes of at least 4 members (excludes halogenated alkanes) is 8. The van der Waals surface area contributed by atoms with Crippen LogP contribution in [-0.2, 0) is 57.5 Å². The Morgan fingerprint density at radius 2 is 0.766 bits per heavy atom. The predicted octanol–water partition coefficient (Wildman–Crippen LogP) is 18.4. The average molecular weight is 1110 g/mol. The summed E-state index contributed by atoms with van der Waals surface area (Å²) in [7, 11) is -6.30. The SMILES string of the molecule is CC(C)CCCCCCCOC(CCCCCCCC(C)C)(c1ccc(C(C)(C)C)cc1C(C)(C)C)C(CO)(COP(O)O)C(OP(O)O)(c1ccc(C(C)(C)C)cc1C(C)(C)C)c1ccc(C(C)(C)C)cc1C(C)(C)C. The minimum atomic E-state index is -3.26. The largest absolute Gasteiger partial charge is 0.395 e. The van der Waals surface area contributed by atoms with Gasteiger partial charge in [-0.25, -0.2) is 0 Å². The maximum Gasteiger partial charge on any atom is 0.328 e. The van der Waals surface area contributed by atoms with Crippen LogP contribution < -0.4 is 0 Å². The van der Waals surface area contributed by atoms with Crippen LogP contribution in [0.25, 0.3) is 0 Å². The molecule has 2 atom stereocenters. The van der Waals surface area contributed by atoms with Crippen molar-refractivity contribution in [1.29, 1.82) is 0 Å². The van der Waals surface area contributed by atoms with E-state index in [2.05, 4.69) is 207 Å². The standard InChI is InChI=1S/C67H114O8P2/c1-48(2)33-29-25-23-27-31-41-66(73-42-32-28-24-26-30-34-49(3)4,53-38-35-50(59(5,6)7)43-56(53)62(14,15)16)65(46-68,47-74-76(69)70)67(75-77(71)72,54-39-36-51(60(8,9)10)44-57(54)63(17,18)19)55-40-37-52(61(11,12)13)45-58(55)64(20,21)22/h35-40,43-45,48-49,68-72H,23-34,41-42,46-47H2,1-22H3. The van der Waals surface area contributed by atoms with Crippen molar-refractivity contribution in [2.24, 2.45) is 17.3 Å². The Kier molecular flexibility index (Phi) is 25.2. The molecule has 0 bridgehead atoms. The maximum absolute atomic E-state index is 13.6. The molecule has 0 saturated heterocycles. The summed E-state index contributed by atoms with van der Waals surface area (Å²) < 4.78 is 21.9. The first-order chi connectivity index (χ1) is 35.2. The van der Waals surface area contributed by atoms with Crippen LogP contribution in [-0.4, -0.2) is 44.5 Å². The number of aliphatic hydroxyl groups is 1. The van der Waals surface area contributed by atoms with Crippen LogP contribution in [0, 0.1) is 17.3 Å². The summed E-state index contributed by atoms with van der Waals surface area (Å²) in [6, 6.07) is 19.6. The molecule has 0 spiro atoms. The van der Waals surface area contributed by atoms with Gasteiger partial charge in [-0.15, -0.1) is 0 Å². The van der Waals surface area contributed by atoms with Gasteiger partial charge in [-0.1, -0.05) is 278 Å². The van der Waals surface area contributed by atoms with E-state index in [0.29, 0.717) is 42.4 Å². The van der Waals surface area contributed by atoms with Gasteiger partial charge in [-0.2, -0.15) is 0 Å². The first-order valence-electron chi connectivity index (χ1n) is 29.6. The van der Waals surface area contributed by atoms with Gasteiger partial charge in [-0.3, -0.25) is 4.52 Å². The molecule has 0 aromatic heterocycles. The van der Waals surface area contributed by atoms with Gasteiger partial charge in [0.05, 0.1) is 18.6 Å². The van der Waals surface area contributed by atoms with Gasteiger partial charge >= 0.3 is 17.2 Å². The summed E-state index contributed by atoms with van der Waals surface area (Å²) in [5, 5.41) is 13.6. The maximum atomic E-state index is 13.6. The molecular weight excluding hydrogens is 995 g/mol. The highest BCUT2D eigenvalue weighted by molar-refractivity contribution is 7.39. The third-order valence-electron chi connectivity index (χ3n) is 16.2. The molecule has 3 aromatic rings. The predicted molar refractivity (Wildman–Crippen MR) is 329 cm³/mol. The van der Waals surface area contributed by atoms with Crippen LogP contribution >= 0.6 is 17.2 Å². The molecular formula is C67H114O8P2. The fourth-order valence-corrected chi connectivity index (χ4v) is 12.5. The zero-order valence-electron chi connectivity index (χ0n) is 53.0. The van der Waals surface area contributed by atoms with Crippen LogP contribution in [0.15, 0.2) is 54.6 Å². The lowest BCUT2D eigenvalue weighted by Crippen LogP contribution is -2.66. The lowest BCUT2D eigenvalue weighted by Gasteiger charge is -2.61. The lowest BCUT2D eigenvalue weighted by atomic mass is 9.51. The molecule has 0 amide bonds. The van der Waals surface area contributed by atoms with E-state index in [1.54, 1.807) is 0 Å². The summed E-state index contributed by atoms with van der Waals surface area (Å²) in [5.41, 5.74) is 0.230. The highest BCUT2D eigenvalue weighted by atomic mass is 31.2. The molecule has 8 nitrogen and oxygen atoms in total. The molecule has 0 aliphatic carbocycles. The Bertz CT molecular complexity index is 2180. The molecule has 0 saturated carbocycles. The number of hydrogen-bond acceptors (Lipinski definition) is 8. The van der Waals surface area contributed by atoms with E-state index in [0.717, 1.165) is 96.7 Å². The van der Waals surface area contributed by atoms with Crippen molar-refractivity contribution in [3.63, 3.8) is 0 Å². The van der Waals surface area contributed by atoms with Crippen molar-refractivity contribution in [2.75, 3.05) is 19.8 Å². The Hall–Kier alpha value is -1.80. The third kappa shape index (κ3) is 18.1. The molecule has 77 heavy (non-hydrogen) atoms. The first-order valence-corrected chi connectivity index (χ1v) is 31.9. The normalized spacial score (nSPS) is 15.3. The molecule has 10 heteroatoms. The number of ether oxygens (including phenoxy) is 1. The van der Waals surface area contributed by atoms with E-state index in [4.69, 9.17) is 13.8 Å². The van der Waals surface area contributed by atoms with Crippen LogP contribution in [0.5, 0.6) is 0 Å². The second-order valence-corrected chi connectivity index (χ2v) is 31.4. The second kappa shape index (κ2) is 28.0. The Balaban J connectivity index is 3.01. The number of aliphatic hydroxyl groups excluding tert-OH is 1. The molecule has 0 aliphatic heterocycles. The molecule has 0 fully saturated rings. The van der Waals surface area contributed by atoms with E-state index in [9.17, 15) is 24.7 Å². The summed E-state index contributed by atoms with van der Waals surface area (Å²) >= 11 is 0. The minimum Gasteiger partial charge on any atom is -0.395 e. The van der Waals surface area contributed by atoms with Crippen molar-refractivity contribution in [3.8, 4) is 0 Å². The number of rotatable bonds is 28. The van der Waals surface area contributed by atoms with Crippen molar-refractivity contribution in [2.45, 2.75) is 279 Å². The minimum absolute atomic E-state index is 0.225. The van der Waals surface area contributed by atoms with Gasteiger partial charge in [0.1, 0.15) is 11.2 Å². The summed E-state index contributed by atoms with van der Waals surface area (Å²) in [4.78, 5) is 46.9. The van der Waals surface area contributed by atoms with Crippen molar-refractivity contribution in [1.82, 2.24) is 0 Å². The highest BCUT2D eigenvalue weighted by Crippen LogP contribution is 2.67. The first kappa shape index (κ1) is 69.5. The van der Waals surface area contributed by atoms with Gasteiger partial charge in [-0.05, 0) is 107 Å². The monoisotopic (exact) mass is 1110 g/mol. The summed E-state index contributed by atoms with van der Waals surface area (Å²) in [6.45, 7) is 47.8. The molecule has 0 aliphatic rings. The quantitative estimate of drug-likeness (QED) is 0.0359. The fourth-order valence-electron chi connectivity index (χ4n) is 11.6. The Morgan fingerprint density at radius 1 is 0.416 bits per heavy atom. The highest BCUT2D eigenvalue weighted by Gasteiger charge is 2.70. The number of benzene rings is 3. The van der Waals surface area contributed by atoms with Gasteiger partial charge in [0.25, 0.3) is 0 Å². The molecule has 5 N–H and O–H groups in total. The molecule has 440 valence electrons. The van der Waals surface area contributed by atoms with Crippen LogP contribution in [0.1, 0.15) is 286 Å². The zero-order valence-corrected chi connectivity index (χ0v) is 54.8. The van der Waals surface area contributed by atoms with Crippen molar-refractivity contribution < 1.29 is 38.5 Å². The van der Waals surface area contributed by atoms with Gasteiger partial charge in [0.15, 0.2) is 0 Å². The second-order valence-electron chi connectivity index (χ2n) is 29.9. The fraction of sp³-hybridized carbons (Fsp3) is 0.731. The molecule has 3 aromatic carbocycles. The lowest BCUT2D eigenvalue weighted by molar-refractivity contribution is -0.243. The van der Waals surface area contributed by atoms with E-state index < -0.39 is 63.3 Å². The molecule has 0 heterocycles. The Labute approximate surface area is 474 Å². The smallest absolute Gasteiger partial charge is 0.328 e. The van der Waals surface area contributed by atoms with Gasteiger partial charge in [0.2, 0.25) is 0 Å². The molecule has 0 radical (unpaired) electrons. The summed E-state index contributed by atoms with van der Waals surface area (Å²) in [5.74, 6) is 1.27. The van der Waals surface area contributed by atoms with Gasteiger partial charge in [0, 0.05) is 6.61 Å². The van der Waals surface area contributed by atoms with Crippen LogP contribution in [0.2, 0.25) is 0 Å². The topological polar surface area (TPSA) is 129 Å². The van der Waals surface area contributed by atoms with E-state index in [-0.39, 0.29) is 16.2 Å². The Morgan fingerprint density at radius 3 is 1.10 bits per heavy atom.